The third-order valence-corrected chi connectivity index (χ3v) is 4.74. The average Bonchev–Trinajstić information content (AvgIpc) is 2.52. The molecule has 1 aromatic rings. The summed E-state index contributed by atoms with van der Waals surface area (Å²) in [7, 11) is -2.48. The van der Waals surface area contributed by atoms with Gasteiger partial charge in [0.25, 0.3) is 0 Å². The minimum absolute atomic E-state index is 0.0451. The molecule has 1 N–H and O–H groups in total. The van der Waals surface area contributed by atoms with E-state index in [2.05, 4.69) is 13.2 Å². The topological polar surface area (TPSA) is 83.9 Å². The number of carboxylic acid groups (broad SMARTS) is 1. The molecule has 0 aliphatic rings. The molecule has 0 spiro atoms. The number of rotatable bonds is 9. The van der Waals surface area contributed by atoms with Crippen molar-refractivity contribution in [3.05, 3.63) is 55.1 Å². The molecule has 6 nitrogen and oxygen atoms in total. The number of benzene rings is 1. The number of carbonyl (C=O) groups is 1. The van der Waals surface area contributed by atoms with E-state index in [1.807, 2.05) is 0 Å². The first-order chi connectivity index (χ1) is 10.9. The van der Waals surface area contributed by atoms with Gasteiger partial charge in [-0.2, -0.15) is 4.31 Å². The predicted molar refractivity (Wildman–Crippen MR) is 88.8 cm³/mol. The maximum Gasteiger partial charge on any atom is 0.328 e. The fraction of sp³-hybridized carbons (Fsp3) is 0.188. The van der Waals surface area contributed by atoms with Crippen LogP contribution >= 0.6 is 0 Å². The molecule has 0 fully saturated rings. The largest absolute Gasteiger partial charge is 0.495 e. The number of hydrogen-bond acceptors (Lipinski definition) is 4. The highest BCUT2D eigenvalue weighted by molar-refractivity contribution is 7.89. The number of sulfonamides is 1. The summed E-state index contributed by atoms with van der Waals surface area (Å²) < 4.78 is 31.9. The number of hydrogen-bond donors (Lipinski definition) is 1. The van der Waals surface area contributed by atoms with E-state index >= 15 is 0 Å². The smallest absolute Gasteiger partial charge is 0.328 e. The van der Waals surface area contributed by atoms with Crippen LogP contribution in [0.5, 0.6) is 5.75 Å². The minimum atomic E-state index is -3.84. The van der Waals surface area contributed by atoms with Gasteiger partial charge in [-0.15, -0.1) is 13.2 Å². The second-order valence-electron chi connectivity index (χ2n) is 4.48. The van der Waals surface area contributed by atoms with E-state index in [1.54, 1.807) is 6.07 Å². The highest BCUT2D eigenvalue weighted by Gasteiger charge is 2.26. The zero-order valence-corrected chi connectivity index (χ0v) is 13.6. The van der Waals surface area contributed by atoms with Crippen LogP contribution in [0.2, 0.25) is 0 Å². The normalized spacial score (nSPS) is 11.6. The quantitative estimate of drug-likeness (QED) is 0.551. The summed E-state index contributed by atoms with van der Waals surface area (Å²) >= 11 is 0. The van der Waals surface area contributed by atoms with E-state index < -0.39 is 16.0 Å². The van der Waals surface area contributed by atoms with Crippen molar-refractivity contribution in [2.75, 3.05) is 20.2 Å². The Kier molecular flexibility index (Phi) is 6.74. The molecular weight excluding hydrogens is 318 g/mol. The van der Waals surface area contributed by atoms with E-state index in [9.17, 15) is 13.2 Å². The van der Waals surface area contributed by atoms with Crippen molar-refractivity contribution in [2.24, 2.45) is 0 Å². The number of carboxylic acids is 1. The molecule has 0 aliphatic heterocycles. The molecule has 0 aromatic heterocycles. The van der Waals surface area contributed by atoms with Gasteiger partial charge >= 0.3 is 5.97 Å². The van der Waals surface area contributed by atoms with Gasteiger partial charge in [-0.3, -0.25) is 0 Å². The summed E-state index contributed by atoms with van der Waals surface area (Å²) in [6, 6.07) is 4.42. The lowest BCUT2D eigenvalue weighted by Gasteiger charge is -2.20. The summed E-state index contributed by atoms with van der Waals surface area (Å²) in [5.74, 6) is -0.944. The Morgan fingerprint density at radius 3 is 2.39 bits per heavy atom. The van der Waals surface area contributed by atoms with E-state index in [0.29, 0.717) is 5.56 Å². The SMILES string of the molecule is C=CCN(CC=C)S(=O)(=O)c1cc(/C=C/C(=O)O)ccc1OC. The summed E-state index contributed by atoms with van der Waals surface area (Å²) in [5, 5.41) is 8.67. The molecule has 0 unspecified atom stereocenters. The van der Waals surface area contributed by atoms with Crippen LogP contribution in [-0.2, 0) is 14.8 Å². The highest BCUT2D eigenvalue weighted by atomic mass is 32.2. The standard InChI is InChI=1S/C16H19NO5S/c1-4-10-17(11-5-2)23(20,21)15-12-13(7-9-16(18)19)6-8-14(15)22-3/h4-9,12H,1-2,10-11H2,3H3,(H,18,19)/b9-7+. The van der Waals surface area contributed by atoms with E-state index in [1.165, 1.54) is 41.8 Å². The van der Waals surface area contributed by atoms with Gasteiger partial charge in [0.2, 0.25) is 10.0 Å². The molecule has 0 radical (unpaired) electrons. The van der Waals surface area contributed by atoms with Crippen molar-refractivity contribution in [2.45, 2.75) is 4.90 Å². The molecule has 0 atom stereocenters. The fourth-order valence-corrected chi connectivity index (χ4v) is 3.44. The lowest BCUT2D eigenvalue weighted by molar-refractivity contribution is -0.131. The van der Waals surface area contributed by atoms with Crippen molar-refractivity contribution in [1.29, 1.82) is 0 Å². The summed E-state index contributed by atoms with van der Waals surface area (Å²) in [6.07, 6.45) is 5.19. The molecule has 1 rings (SSSR count). The van der Waals surface area contributed by atoms with Gasteiger partial charge in [0.1, 0.15) is 10.6 Å². The van der Waals surface area contributed by atoms with Crippen LogP contribution in [0.1, 0.15) is 5.56 Å². The zero-order chi connectivity index (χ0) is 17.5. The molecule has 124 valence electrons. The Morgan fingerprint density at radius 1 is 1.30 bits per heavy atom. The van der Waals surface area contributed by atoms with Crippen LogP contribution in [0, 0.1) is 0 Å². The zero-order valence-electron chi connectivity index (χ0n) is 12.8. The molecule has 0 amide bonds. The van der Waals surface area contributed by atoms with Gasteiger partial charge in [0.15, 0.2) is 0 Å². The molecule has 0 heterocycles. The van der Waals surface area contributed by atoms with E-state index in [0.717, 1.165) is 6.08 Å². The van der Waals surface area contributed by atoms with Gasteiger partial charge in [0.05, 0.1) is 7.11 Å². The Labute approximate surface area is 136 Å². The van der Waals surface area contributed by atoms with Crippen LogP contribution in [0.4, 0.5) is 0 Å². The molecule has 1 aromatic carbocycles. The first kappa shape index (κ1) is 18.7. The Hall–Kier alpha value is -2.38. The van der Waals surface area contributed by atoms with Gasteiger partial charge in [-0.25, -0.2) is 13.2 Å². The van der Waals surface area contributed by atoms with Crippen molar-refractivity contribution < 1.29 is 23.1 Å². The minimum Gasteiger partial charge on any atom is -0.495 e. The van der Waals surface area contributed by atoms with Crippen molar-refractivity contribution in [1.82, 2.24) is 4.31 Å². The molecule has 0 saturated carbocycles. The highest BCUT2D eigenvalue weighted by Crippen LogP contribution is 2.28. The second-order valence-corrected chi connectivity index (χ2v) is 6.39. The van der Waals surface area contributed by atoms with E-state index in [-0.39, 0.29) is 23.7 Å². The molecule has 0 saturated heterocycles. The van der Waals surface area contributed by atoms with Crippen molar-refractivity contribution >= 4 is 22.1 Å². The molecule has 0 aliphatic carbocycles. The monoisotopic (exact) mass is 337 g/mol. The summed E-state index contributed by atoms with van der Waals surface area (Å²) in [4.78, 5) is 10.6. The first-order valence-corrected chi connectivity index (χ1v) is 8.11. The average molecular weight is 337 g/mol. The van der Waals surface area contributed by atoms with Crippen LogP contribution in [0.3, 0.4) is 0 Å². The Morgan fingerprint density at radius 2 is 1.91 bits per heavy atom. The Bertz CT molecular complexity index is 712. The number of methoxy groups -OCH3 is 1. The first-order valence-electron chi connectivity index (χ1n) is 6.67. The van der Waals surface area contributed by atoms with Crippen molar-refractivity contribution in [3.63, 3.8) is 0 Å². The summed E-state index contributed by atoms with van der Waals surface area (Å²) in [6.45, 7) is 7.34. The van der Waals surface area contributed by atoms with Crippen molar-refractivity contribution in [3.8, 4) is 5.75 Å². The van der Waals surface area contributed by atoms with Crippen LogP contribution < -0.4 is 4.74 Å². The third-order valence-electron chi connectivity index (χ3n) is 2.89. The molecular formula is C16H19NO5S. The molecule has 7 heteroatoms. The van der Waals surface area contributed by atoms with Gasteiger partial charge in [-0.1, -0.05) is 18.2 Å². The maximum absolute atomic E-state index is 12.8. The van der Waals surface area contributed by atoms with Gasteiger partial charge in [0, 0.05) is 19.2 Å². The maximum atomic E-state index is 12.8. The molecule has 23 heavy (non-hydrogen) atoms. The lowest BCUT2D eigenvalue weighted by atomic mass is 10.2. The fourth-order valence-electron chi connectivity index (χ4n) is 1.86. The van der Waals surface area contributed by atoms with Crippen LogP contribution in [-0.4, -0.2) is 44.0 Å². The predicted octanol–water partition coefficient (Wildman–Crippen LogP) is 2.16. The number of ether oxygens (including phenoxy) is 1. The number of aliphatic carboxylic acids is 1. The number of nitrogens with zero attached hydrogens (tertiary/aromatic N) is 1. The molecule has 0 bridgehead atoms. The van der Waals surface area contributed by atoms with Gasteiger partial charge < -0.3 is 9.84 Å². The Balaban J connectivity index is 3.41. The van der Waals surface area contributed by atoms with Crippen LogP contribution in [0.25, 0.3) is 6.08 Å². The van der Waals surface area contributed by atoms with Gasteiger partial charge in [-0.05, 0) is 23.8 Å². The summed E-state index contributed by atoms with van der Waals surface area (Å²) in [5.41, 5.74) is 0.434. The second kappa shape index (κ2) is 8.30. The lowest BCUT2D eigenvalue weighted by Crippen LogP contribution is -2.31. The van der Waals surface area contributed by atoms with E-state index in [4.69, 9.17) is 9.84 Å². The third kappa shape index (κ3) is 4.80. The van der Waals surface area contributed by atoms with Crippen LogP contribution in [0.15, 0.2) is 54.5 Å².